The summed E-state index contributed by atoms with van der Waals surface area (Å²) >= 11 is 0. The van der Waals surface area contributed by atoms with Gasteiger partial charge >= 0.3 is 0 Å². The second kappa shape index (κ2) is 4.37. The summed E-state index contributed by atoms with van der Waals surface area (Å²) in [6, 6.07) is 7.77. The molecule has 2 N–H and O–H groups in total. The van der Waals surface area contributed by atoms with Gasteiger partial charge in [0.25, 0.3) is 0 Å². The van der Waals surface area contributed by atoms with Gasteiger partial charge in [0.05, 0.1) is 22.5 Å². The van der Waals surface area contributed by atoms with E-state index in [1.165, 1.54) is 0 Å². The molecule has 1 aliphatic heterocycles. The molecule has 0 saturated carbocycles. The average Bonchev–Trinajstić information content (AvgIpc) is 2.69. The van der Waals surface area contributed by atoms with Gasteiger partial charge in [-0.1, -0.05) is 12.1 Å². The molecule has 1 aromatic heterocycles. The van der Waals surface area contributed by atoms with Gasteiger partial charge in [0.2, 0.25) is 0 Å². The molecular weight excluding hydrogens is 250 g/mol. The number of rotatable bonds is 2. The minimum Gasteiger partial charge on any atom is -0.342 e. The van der Waals surface area contributed by atoms with E-state index in [-0.39, 0.29) is 17.5 Å². The number of nitrogens with one attached hydrogen (secondary N) is 2. The maximum atomic E-state index is 11.6. The van der Waals surface area contributed by atoms with Crippen LogP contribution in [0.2, 0.25) is 0 Å². The molecule has 2 heterocycles. The number of hydrogen-bond donors (Lipinski definition) is 2. The van der Waals surface area contributed by atoms with Gasteiger partial charge in [-0.05, 0) is 12.1 Å². The summed E-state index contributed by atoms with van der Waals surface area (Å²) in [5.41, 5.74) is 1.91. The lowest BCUT2D eigenvalue weighted by Crippen LogP contribution is -2.46. The lowest BCUT2D eigenvalue weighted by molar-refractivity contribution is 0.510. The van der Waals surface area contributed by atoms with Crippen LogP contribution in [0.4, 0.5) is 0 Å². The van der Waals surface area contributed by atoms with E-state index in [1.54, 1.807) is 0 Å². The second-order valence-corrected chi connectivity index (χ2v) is 6.90. The molecule has 1 aliphatic rings. The third-order valence-electron chi connectivity index (χ3n) is 3.18. The number of benzene rings is 1. The van der Waals surface area contributed by atoms with Crippen LogP contribution < -0.4 is 5.32 Å². The summed E-state index contributed by atoms with van der Waals surface area (Å²) in [5.74, 6) is 1.28. The number of aromatic nitrogens is 2. The Balaban J connectivity index is 1.80. The topological polar surface area (TPSA) is 74.8 Å². The van der Waals surface area contributed by atoms with E-state index in [1.807, 2.05) is 24.3 Å². The number of hydrogen-bond acceptors (Lipinski definition) is 4. The van der Waals surface area contributed by atoms with E-state index in [0.717, 1.165) is 16.9 Å². The van der Waals surface area contributed by atoms with Crippen molar-refractivity contribution in [1.82, 2.24) is 15.3 Å². The fraction of sp³-hybridized carbons (Fsp3) is 0.417. The molecule has 0 spiro atoms. The summed E-state index contributed by atoms with van der Waals surface area (Å²) in [6.07, 6.45) is 0.619. The zero-order valence-electron chi connectivity index (χ0n) is 9.89. The molecule has 0 aliphatic carbocycles. The zero-order valence-corrected chi connectivity index (χ0v) is 10.7. The zero-order chi connectivity index (χ0) is 12.6. The number of nitrogens with zero attached hydrogens (tertiary/aromatic N) is 1. The van der Waals surface area contributed by atoms with Crippen molar-refractivity contribution >= 4 is 20.9 Å². The maximum Gasteiger partial charge on any atom is 0.153 e. The number of H-pyrrole nitrogens is 1. The quantitative estimate of drug-likeness (QED) is 0.829. The van der Waals surface area contributed by atoms with E-state index >= 15 is 0 Å². The third kappa shape index (κ3) is 2.39. The van der Waals surface area contributed by atoms with Crippen LogP contribution in [-0.2, 0) is 16.3 Å². The summed E-state index contributed by atoms with van der Waals surface area (Å²) in [6.45, 7) is 0.535. The van der Waals surface area contributed by atoms with Gasteiger partial charge in [-0.15, -0.1) is 0 Å². The monoisotopic (exact) mass is 265 g/mol. The van der Waals surface area contributed by atoms with Gasteiger partial charge in [0.1, 0.15) is 5.82 Å². The van der Waals surface area contributed by atoms with Crippen molar-refractivity contribution < 1.29 is 8.42 Å². The third-order valence-corrected chi connectivity index (χ3v) is 4.92. The molecule has 0 amide bonds. The first kappa shape index (κ1) is 11.7. The SMILES string of the molecule is O=S1(=O)CCNC(Cc2nc3ccccc3[nH]2)C1. The van der Waals surface area contributed by atoms with E-state index in [2.05, 4.69) is 15.3 Å². The smallest absolute Gasteiger partial charge is 0.153 e. The molecule has 1 aromatic carbocycles. The molecule has 3 rings (SSSR count). The lowest BCUT2D eigenvalue weighted by atomic mass is 10.2. The van der Waals surface area contributed by atoms with Crippen molar-refractivity contribution in [3.63, 3.8) is 0 Å². The molecule has 1 unspecified atom stereocenters. The minimum atomic E-state index is -2.89. The Morgan fingerprint density at radius 2 is 2.17 bits per heavy atom. The highest BCUT2D eigenvalue weighted by atomic mass is 32.2. The van der Waals surface area contributed by atoms with Crippen LogP contribution in [0.5, 0.6) is 0 Å². The molecule has 1 fully saturated rings. The van der Waals surface area contributed by atoms with Crippen LogP contribution in [0.15, 0.2) is 24.3 Å². The van der Waals surface area contributed by atoms with Crippen molar-refractivity contribution in [2.24, 2.45) is 0 Å². The van der Waals surface area contributed by atoms with E-state index in [0.29, 0.717) is 13.0 Å². The van der Waals surface area contributed by atoms with Crippen LogP contribution in [0.25, 0.3) is 11.0 Å². The van der Waals surface area contributed by atoms with Crippen LogP contribution in [0.1, 0.15) is 5.82 Å². The first-order valence-corrected chi connectivity index (χ1v) is 7.82. The number of para-hydroxylation sites is 2. The molecule has 0 bridgehead atoms. The molecular formula is C12H15N3O2S. The van der Waals surface area contributed by atoms with Crippen molar-refractivity contribution in [3.05, 3.63) is 30.1 Å². The molecule has 2 aromatic rings. The summed E-state index contributed by atoms with van der Waals surface area (Å²) < 4.78 is 23.1. The number of aromatic amines is 1. The predicted molar refractivity (Wildman–Crippen MR) is 70.2 cm³/mol. The van der Waals surface area contributed by atoms with Gasteiger partial charge in [-0.3, -0.25) is 0 Å². The van der Waals surface area contributed by atoms with Crippen molar-refractivity contribution in [3.8, 4) is 0 Å². The van der Waals surface area contributed by atoms with E-state index in [9.17, 15) is 8.42 Å². The second-order valence-electron chi connectivity index (χ2n) is 4.67. The lowest BCUT2D eigenvalue weighted by Gasteiger charge is -2.22. The van der Waals surface area contributed by atoms with Crippen molar-refractivity contribution in [2.45, 2.75) is 12.5 Å². The summed E-state index contributed by atoms with van der Waals surface area (Å²) in [7, 11) is -2.89. The van der Waals surface area contributed by atoms with Crippen LogP contribution in [0.3, 0.4) is 0 Å². The molecule has 6 heteroatoms. The van der Waals surface area contributed by atoms with Gasteiger partial charge in [-0.25, -0.2) is 13.4 Å². The fourth-order valence-corrected chi connectivity index (χ4v) is 3.78. The first-order chi connectivity index (χ1) is 8.62. The Labute approximate surface area is 106 Å². The Morgan fingerprint density at radius 3 is 2.94 bits per heavy atom. The van der Waals surface area contributed by atoms with Crippen molar-refractivity contribution in [2.75, 3.05) is 18.1 Å². The number of imidazole rings is 1. The molecule has 5 nitrogen and oxygen atoms in total. The standard InChI is InChI=1S/C12H15N3O2S/c16-18(17)6-5-13-9(8-18)7-12-14-10-3-1-2-4-11(10)15-12/h1-4,9,13H,5-8H2,(H,14,15). The largest absolute Gasteiger partial charge is 0.342 e. The Morgan fingerprint density at radius 1 is 1.33 bits per heavy atom. The van der Waals surface area contributed by atoms with Gasteiger partial charge < -0.3 is 10.3 Å². The van der Waals surface area contributed by atoms with Crippen LogP contribution in [-0.4, -0.2) is 42.5 Å². The summed E-state index contributed by atoms with van der Waals surface area (Å²) in [5, 5.41) is 3.23. The molecule has 0 radical (unpaired) electrons. The molecule has 1 atom stereocenters. The van der Waals surface area contributed by atoms with Crippen LogP contribution >= 0.6 is 0 Å². The number of fused-ring (bicyclic) bond motifs is 1. The van der Waals surface area contributed by atoms with Gasteiger partial charge in [0.15, 0.2) is 9.84 Å². The fourth-order valence-electron chi connectivity index (χ4n) is 2.33. The Kier molecular flexibility index (Phi) is 2.83. The number of sulfone groups is 1. The Hall–Kier alpha value is -1.40. The van der Waals surface area contributed by atoms with E-state index < -0.39 is 9.84 Å². The first-order valence-electron chi connectivity index (χ1n) is 6.00. The average molecular weight is 265 g/mol. The van der Waals surface area contributed by atoms with E-state index in [4.69, 9.17) is 0 Å². The minimum absolute atomic E-state index is 0.0377. The van der Waals surface area contributed by atoms with Crippen molar-refractivity contribution in [1.29, 1.82) is 0 Å². The highest BCUT2D eigenvalue weighted by molar-refractivity contribution is 7.91. The maximum absolute atomic E-state index is 11.6. The van der Waals surface area contributed by atoms with Crippen LogP contribution in [0, 0.1) is 0 Å². The summed E-state index contributed by atoms with van der Waals surface area (Å²) in [4.78, 5) is 7.69. The van der Waals surface area contributed by atoms with Gasteiger partial charge in [0, 0.05) is 19.0 Å². The van der Waals surface area contributed by atoms with Gasteiger partial charge in [-0.2, -0.15) is 0 Å². The normalized spacial score (nSPS) is 23.2. The molecule has 1 saturated heterocycles. The molecule has 18 heavy (non-hydrogen) atoms. The highest BCUT2D eigenvalue weighted by Crippen LogP contribution is 2.13. The Bertz CT molecular complexity index is 630. The highest BCUT2D eigenvalue weighted by Gasteiger charge is 2.25. The molecule has 96 valence electrons. The predicted octanol–water partition coefficient (Wildman–Crippen LogP) is 0.492.